The molecule has 2 rings (SSSR count). The molecule has 0 aliphatic heterocycles. The van der Waals surface area contributed by atoms with Crippen LogP contribution < -0.4 is 0 Å². The lowest BCUT2D eigenvalue weighted by molar-refractivity contribution is 0.0773. The molecule has 0 saturated carbocycles. The first-order valence-electron chi connectivity index (χ1n) is 8.48. The third-order valence-corrected chi connectivity index (χ3v) is 5.03. The highest BCUT2D eigenvalue weighted by molar-refractivity contribution is 5.41. The third-order valence-electron chi connectivity index (χ3n) is 5.03. The monoisotopic (exact) mass is 311 g/mol. The lowest BCUT2D eigenvalue weighted by Gasteiger charge is -2.42. The van der Waals surface area contributed by atoms with Gasteiger partial charge in [-0.2, -0.15) is 0 Å². The summed E-state index contributed by atoms with van der Waals surface area (Å²) in [6, 6.07) is 21.3. The zero-order valence-electron chi connectivity index (χ0n) is 14.7. The average molecular weight is 311 g/mol. The smallest absolute Gasteiger partial charge is 0.0675 e. The van der Waals surface area contributed by atoms with E-state index in [0.29, 0.717) is 6.04 Å². The molecule has 2 aromatic rings. The van der Waals surface area contributed by atoms with Crippen molar-refractivity contribution in [3.63, 3.8) is 0 Å². The van der Waals surface area contributed by atoms with Crippen molar-refractivity contribution in [1.82, 2.24) is 4.90 Å². The summed E-state index contributed by atoms with van der Waals surface area (Å²) in [4.78, 5) is 2.23. The van der Waals surface area contributed by atoms with Crippen LogP contribution in [0.1, 0.15) is 37.8 Å². The van der Waals surface area contributed by atoms with Crippen LogP contribution in [0.4, 0.5) is 0 Å². The molecule has 0 aliphatic rings. The number of rotatable bonds is 7. The molecule has 0 aromatic heterocycles. The number of aliphatic hydroxyl groups excluding tert-OH is 1. The van der Waals surface area contributed by atoms with Crippen LogP contribution in [0.5, 0.6) is 0 Å². The maximum absolute atomic E-state index is 11.1. The van der Waals surface area contributed by atoms with E-state index in [9.17, 15) is 5.11 Å². The Morgan fingerprint density at radius 3 is 1.70 bits per heavy atom. The molecule has 23 heavy (non-hydrogen) atoms. The van der Waals surface area contributed by atoms with Crippen LogP contribution in [0.3, 0.4) is 0 Å². The molecule has 0 bridgehead atoms. The zero-order chi connectivity index (χ0) is 16.9. The molecule has 0 amide bonds. The van der Waals surface area contributed by atoms with Crippen molar-refractivity contribution in [3.05, 3.63) is 71.8 Å². The van der Waals surface area contributed by atoms with Gasteiger partial charge in [-0.25, -0.2) is 0 Å². The lowest BCUT2D eigenvalue weighted by Crippen LogP contribution is -2.45. The van der Waals surface area contributed by atoms with Gasteiger partial charge in [0.2, 0.25) is 0 Å². The van der Waals surface area contributed by atoms with Crippen LogP contribution in [0, 0.1) is 0 Å². The minimum Gasteiger partial charge on any atom is -0.392 e. The lowest BCUT2D eigenvalue weighted by atomic mass is 9.66. The van der Waals surface area contributed by atoms with E-state index in [1.165, 1.54) is 11.1 Å². The fourth-order valence-electron chi connectivity index (χ4n) is 3.39. The minimum absolute atomic E-state index is 0.358. The first kappa shape index (κ1) is 17.7. The predicted molar refractivity (Wildman–Crippen MR) is 97.7 cm³/mol. The molecule has 2 aromatic carbocycles. The van der Waals surface area contributed by atoms with Gasteiger partial charge in [-0.05, 0) is 45.0 Å². The zero-order valence-corrected chi connectivity index (χ0v) is 14.7. The summed E-state index contributed by atoms with van der Waals surface area (Å²) in [5, 5.41) is 11.1. The second-order valence-electron chi connectivity index (χ2n) is 6.64. The van der Waals surface area contributed by atoms with Crippen LogP contribution in [0.25, 0.3) is 0 Å². The van der Waals surface area contributed by atoms with Crippen molar-refractivity contribution in [3.8, 4) is 0 Å². The maximum Gasteiger partial charge on any atom is 0.0675 e. The number of hydrogen-bond acceptors (Lipinski definition) is 2. The van der Waals surface area contributed by atoms with Gasteiger partial charge in [-0.15, -0.1) is 0 Å². The molecule has 0 fully saturated rings. The highest BCUT2D eigenvalue weighted by atomic mass is 16.3. The first-order chi connectivity index (χ1) is 11.0. The van der Waals surface area contributed by atoms with Gasteiger partial charge in [0.05, 0.1) is 6.10 Å². The standard InChI is InChI=1S/C21H29NO/c1-5-20(23)21(16-17(2)22(3)4,18-12-8-6-9-13-18)19-14-10-7-11-15-19/h6-15,17,20,23H,5,16H2,1-4H3/t17-,20?/m1/s1. The Kier molecular flexibility index (Phi) is 5.97. The van der Waals surface area contributed by atoms with Crippen molar-refractivity contribution in [2.75, 3.05) is 14.1 Å². The summed E-state index contributed by atoms with van der Waals surface area (Å²) in [5.41, 5.74) is 1.99. The van der Waals surface area contributed by atoms with Gasteiger partial charge in [-0.3, -0.25) is 0 Å². The topological polar surface area (TPSA) is 23.5 Å². The fraction of sp³-hybridized carbons (Fsp3) is 0.429. The van der Waals surface area contributed by atoms with E-state index in [4.69, 9.17) is 0 Å². The Labute approximate surface area is 140 Å². The van der Waals surface area contributed by atoms with Crippen molar-refractivity contribution in [1.29, 1.82) is 0 Å². The Morgan fingerprint density at radius 1 is 0.913 bits per heavy atom. The van der Waals surface area contributed by atoms with Gasteiger partial charge in [0.15, 0.2) is 0 Å². The Bertz CT molecular complexity index is 540. The molecule has 1 unspecified atom stereocenters. The molecule has 0 radical (unpaired) electrons. The number of benzene rings is 2. The van der Waals surface area contributed by atoms with E-state index >= 15 is 0 Å². The molecule has 124 valence electrons. The Hall–Kier alpha value is -1.64. The second kappa shape index (κ2) is 7.76. The third kappa shape index (κ3) is 3.65. The van der Waals surface area contributed by atoms with E-state index in [-0.39, 0.29) is 5.41 Å². The van der Waals surface area contributed by atoms with E-state index in [1.807, 2.05) is 12.1 Å². The summed E-state index contributed by atoms with van der Waals surface area (Å²) in [5.74, 6) is 0. The second-order valence-corrected chi connectivity index (χ2v) is 6.64. The number of aliphatic hydroxyl groups is 1. The summed E-state index contributed by atoms with van der Waals surface area (Å²) in [7, 11) is 4.20. The molecule has 2 nitrogen and oxygen atoms in total. The molecule has 0 spiro atoms. The number of hydrogen-bond donors (Lipinski definition) is 1. The highest BCUT2D eigenvalue weighted by Gasteiger charge is 2.41. The van der Waals surface area contributed by atoms with Crippen molar-refractivity contribution in [2.45, 2.75) is 44.2 Å². The largest absolute Gasteiger partial charge is 0.392 e. The van der Waals surface area contributed by atoms with Gasteiger partial charge in [0.25, 0.3) is 0 Å². The van der Waals surface area contributed by atoms with Gasteiger partial charge in [0, 0.05) is 11.5 Å². The van der Waals surface area contributed by atoms with Gasteiger partial charge < -0.3 is 10.0 Å². The normalized spacial score (nSPS) is 14.7. The Balaban J connectivity index is 2.63. The summed E-state index contributed by atoms with van der Waals surface area (Å²) in [6.07, 6.45) is 1.18. The van der Waals surface area contributed by atoms with E-state index in [1.54, 1.807) is 0 Å². The predicted octanol–water partition coefficient (Wildman–Crippen LogP) is 4.08. The van der Waals surface area contributed by atoms with Crippen molar-refractivity contribution < 1.29 is 5.11 Å². The fourth-order valence-corrected chi connectivity index (χ4v) is 3.39. The summed E-state index contributed by atoms with van der Waals surface area (Å²) >= 11 is 0. The van der Waals surface area contributed by atoms with Gasteiger partial charge in [0.1, 0.15) is 0 Å². The van der Waals surface area contributed by atoms with Gasteiger partial charge >= 0.3 is 0 Å². The van der Waals surface area contributed by atoms with Crippen LogP contribution in [0.15, 0.2) is 60.7 Å². The van der Waals surface area contributed by atoms with Crippen LogP contribution in [-0.4, -0.2) is 36.2 Å². The van der Waals surface area contributed by atoms with Crippen LogP contribution >= 0.6 is 0 Å². The van der Waals surface area contributed by atoms with E-state index in [2.05, 4.69) is 81.4 Å². The molecule has 0 aliphatic carbocycles. The first-order valence-corrected chi connectivity index (χ1v) is 8.48. The summed E-state index contributed by atoms with van der Waals surface area (Å²) < 4.78 is 0. The minimum atomic E-state index is -0.422. The van der Waals surface area contributed by atoms with Crippen LogP contribution in [-0.2, 0) is 5.41 Å². The quantitative estimate of drug-likeness (QED) is 0.832. The summed E-state index contributed by atoms with van der Waals surface area (Å²) in [6.45, 7) is 4.29. The molecule has 2 atom stereocenters. The highest BCUT2D eigenvalue weighted by Crippen LogP contribution is 2.41. The molecular weight excluding hydrogens is 282 g/mol. The van der Waals surface area contributed by atoms with E-state index in [0.717, 1.165) is 12.8 Å². The molecular formula is C21H29NO. The van der Waals surface area contributed by atoms with Crippen LogP contribution in [0.2, 0.25) is 0 Å². The average Bonchev–Trinajstić information content (AvgIpc) is 2.60. The number of nitrogens with zero attached hydrogens (tertiary/aromatic N) is 1. The maximum atomic E-state index is 11.1. The molecule has 0 heterocycles. The Morgan fingerprint density at radius 2 is 1.35 bits per heavy atom. The van der Waals surface area contributed by atoms with Crippen molar-refractivity contribution >= 4 is 0 Å². The van der Waals surface area contributed by atoms with Gasteiger partial charge in [-0.1, -0.05) is 67.6 Å². The molecule has 1 N–H and O–H groups in total. The van der Waals surface area contributed by atoms with Crippen molar-refractivity contribution in [2.24, 2.45) is 0 Å². The SMILES string of the molecule is CCC(O)C(C[C@@H](C)N(C)C)(c1ccccc1)c1ccccc1. The molecule has 2 heteroatoms. The molecule has 0 saturated heterocycles. The van der Waals surface area contributed by atoms with E-state index < -0.39 is 6.10 Å².